The number of nitrogens with zero attached hydrogens (tertiary/aromatic N) is 3. The number of carbonyl (C=O) groups excluding carboxylic acids is 1. The van der Waals surface area contributed by atoms with Crippen molar-refractivity contribution in [1.29, 1.82) is 0 Å². The number of benzene rings is 2. The van der Waals surface area contributed by atoms with E-state index in [4.69, 9.17) is 9.47 Å². The fraction of sp³-hybridized carbons (Fsp3) is 0.407. The number of methoxy groups -OCH3 is 2. The van der Waals surface area contributed by atoms with E-state index in [-0.39, 0.29) is 5.91 Å². The van der Waals surface area contributed by atoms with Crippen LogP contribution in [0.4, 0.5) is 11.5 Å². The second-order valence-corrected chi connectivity index (χ2v) is 9.26. The average molecular weight is 478 g/mol. The molecule has 1 saturated heterocycles. The van der Waals surface area contributed by atoms with Crippen molar-refractivity contribution in [1.82, 2.24) is 15.1 Å². The van der Waals surface area contributed by atoms with Crippen molar-refractivity contribution in [3.05, 3.63) is 65.4 Å². The molecular formula is C27H35N5O3. The monoisotopic (exact) mass is 477 g/mol. The Morgan fingerprint density at radius 1 is 1.00 bits per heavy atom. The molecule has 2 heterocycles. The predicted molar refractivity (Wildman–Crippen MR) is 139 cm³/mol. The number of hydrogen-bond acceptors (Lipinski definition) is 6. The second kappa shape index (κ2) is 10.8. The van der Waals surface area contributed by atoms with Crippen LogP contribution in [0.25, 0.3) is 0 Å². The zero-order valence-corrected chi connectivity index (χ0v) is 21.2. The van der Waals surface area contributed by atoms with Crippen LogP contribution in [0.15, 0.2) is 48.5 Å². The number of rotatable bonds is 8. The smallest absolute Gasteiger partial charge is 0.256 e. The second-order valence-electron chi connectivity index (χ2n) is 9.26. The molecule has 2 atom stereocenters. The minimum absolute atomic E-state index is 0.163. The Morgan fingerprint density at radius 3 is 2.23 bits per heavy atom. The molecule has 0 unspecified atom stereocenters. The van der Waals surface area contributed by atoms with E-state index in [1.54, 1.807) is 14.2 Å². The number of aromatic amines is 1. The first kappa shape index (κ1) is 24.6. The van der Waals surface area contributed by atoms with Gasteiger partial charge in [0.05, 0.1) is 19.9 Å². The molecule has 2 aromatic carbocycles. The summed E-state index contributed by atoms with van der Waals surface area (Å²) in [5, 5.41) is 10.2. The summed E-state index contributed by atoms with van der Waals surface area (Å²) in [5.74, 6) is 1.94. The first-order valence-electron chi connectivity index (χ1n) is 12.0. The number of piperazine rings is 1. The lowest BCUT2D eigenvalue weighted by Crippen LogP contribution is -2.55. The van der Waals surface area contributed by atoms with Gasteiger partial charge < -0.3 is 19.7 Å². The van der Waals surface area contributed by atoms with Gasteiger partial charge in [-0.25, -0.2) is 0 Å². The van der Waals surface area contributed by atoms with Crippen LogP contribution >= 0.6 is 0 Å². The van der Waals surface area contributed by atoms with Crippen LogP contribution in [-0.4, -0.2) is 67.4 Å². The molecular weight excluding hydrogens is 442 g/mol. The third-order valence-electron chi connectivity index (χ3n) is 6.81. The molecule has 0 spiro atoms. The van der Waals surface area contributed by atoms with Gasteiger partial charge in [0.15, 0.2) is 0 Å². The van der Waals surface area contributed by atoms with Crippen molar-refractivity contribution in [3.63, 3.8) is 0 Å². The van der Waals surface area contributed by atoms with Crippen LogP contribution in [0.5, 0.6) is 11.5 Å². The number of carbonyl (C=O) groups is 1. The van der Waals surface area contributed by atoms with Crippen molar-refractivity contribution in [2.24, 2.45) is 0 Å². The molecule has 0 saturated carbocycles. The summed E-state index contributed by atoms with van der Waals surface area (Å²) in [6, 6.07) is 16.5. The minimum atomic E-state index is -0.163. The molecule has 0 bridgehead atoms. The quantitative estimate of drug-likeness (QED) is 0.511. The van der Waals surface area contributed by atoms with Crippen molar-refractivity contribution in [2.45, 2.75) is 38.8 Å². The molecule has 0 radical (unpaired) electrons. The van der Waals surface area contributed by atoms with Crippen LogP contribution in [0.3, 0.4) is 0 Å². The molecule has 3 aromatic rings. The first-order valence-corrected chi connectivity index (χ1v) is 12.0. The normalized spacial score (nSPS) is 18.4. The Kier molecular flexibility index (Phi) is 7.60. The number of aromatic nitrogens is 2. The van der Waals surface area contributed by atoms with Crippen LogP contribution in [-0.2, 0) is 12.8 Å². The molecule has 2 N–H and O–H groups in total. The summed E-state index contributed by atoms with van der Waals surface area (Å²) in [6.45, 7) is 6.45. The van der Waals surface area contributed by atoms with Gasteiger partial charge in [0, 0.05) is 48.6 Å². The molecule has 4 rings (SSSR count). The SMILES string of the molecule is COc1cc(CCc2cc(NC(=O)c3ccc(N4C[C@@H](C)N(C)[C@@H](C)C4)cc3)[nH]n2)cc(OC)c1. The number of amides is 1. The summed E-state index contributed by atoms with van der Waals surface area (Å²) in [6.07, 6.45) is 1.50. The van der Waals surface area contributed by atoms with Gasteiger partial charge in [-0.05, 0) is 75.7 Å². The lowest BCUT2D eigenvalue weighted by molar-refractivity contribution is 0.102. The minimum Gasteiger partial charge on any atom is -0.497 e. The van der Waals surface area contributed by atoms with Gasteiger partial charge in [0.2, 0.25) is 0 Å². The Labute approximate surface area is 207 Å². The number of anilines is 2. The summed E-state index contributed by atoms with van der Waals surface area (Å²) >= 11 is 0. The summed E-state index contributed by atoms with van der Waals surface area (Å²) < 4.78 is 10.7. The molecule has 1 amide bonds. The van der Waals surface area contributed by atoms with Crippen LogP contribution < -0.4 is 19.7 Å². The maximum Gasteiger partial charge on any atom is 0.256 e. The molecule has 1 fully saturated rings. The van der Waals surface area contributed by atoms with E-state index in [2.05, 4.69) is 46.2 Å². The number of H-pyrrole nitrogens is 1. The average Bonchev–Trinajstić information content (AvgIpc) is 3.32. The maximum absolute atomic E-state index is 12.8. The summed E-state index contributed by atoms with van der Waals surface area (Å²) in [4.78, 5) is 17.6. The molecule has 35 heavy (non-hydrogen) atoms. The van der Waals surface area contributed by atoms with Crippen LogP contribution in [0, 0.1) is 0 Å². The first-order chi connectivity index (χ1) is 16.9. The van der Waals surface area contributed by atoms with E-state index in [0.29, 0.717) is 23.5 Å². The Morgan fingerprint density at radius 2 is 1.63 bits per heavy atom. The Balaban J connectivity index is 1.33. The number of ether oxygens (including phenoxy) is 2. The maximum atomic E-state index is 12.8. The van der Waals surface area contributed by atoms with E-state index in [1.807, 2.05) is 48.5 Å². The molecule has 1 aliphatic heterocycles. The highest BCUT2D eigenvalue weighted by Gasteiger charge is 2.26. The van der Waals surface area contributed by atoms with Gasteiger partial charge in [0.25, 0.3) is 5.91 Å². The third kappa shape index (κ3) is 5.95. The summed E-state index contributed by atoms with van der Waals surface area (Å²) in [5.41, 5.74) is 3.73. The van der Waals surface area contributed by atoms with Gasteiger partial charge in [-0.1, -0.05) is 0 Å². The van der Waals surface area contributed by atoms with E-state index < -0.39 is 0 Å². The van der Waals surface area contributed by atoms with Crippen molar-refractivity contribution in [2.75, 3.05) is 44.6 Å². The van der Waals surface area contributed by atoms with Crippen molar-refractivity contribution >= 4 is 17.4 Å². The highest BCUT2D eigenvalue weighted by atomic mass is 16.5. The van der Waals surface area contributed by atoms with Gasteiger partial charge in [-0.15, -0.1) is 0 Å². The van der Waals surface area contributed by atoms with E-state index in [0.717, 1.165) is 54.4 Å². The lowest BCUT2D eigenvalue weighted by Gasteiger charge is -2.43. The fourth-order valence-corrected chi connectivity index (χ4v) is 4.47. The molecule has 186 valence electrons. The Hall–Kier alpha value is -3.52. The summed E-state index contributed by atoms with van der Waals surface area (Å²) in [7, 11) is 5.46. The van der Waals surface area contributed by atoms with Gasteiger partial charge in [-0.2, -0.15) is 5.10 Å². The highest BCUT2D eigenvalue weighted by molar-refractivity contribution is 6.03. The largest absolute Gasteiger partial charge is 0.497 e. The lowest BCUT2D eigenvalue weighted by atomic mass is 10.1. The molecule has 1 aliphatic rings. The van der Waals surface area contributed by atoms with Crippen molar-refractivity contribution < 1.29 is 14.3 Å². The van der Waals surface area contributed by atoms with Crippen molar-refractivity contribution in [3.8, 4) is 11.5 Å². The zero-order valence-electron chi connectivity index (χ0n) is 21.2. The fourth-order valence-electron chi connectivity index (χ4n) is 4.47. The van der Waals surface area contributed by atoms with E-state index in [9.17, 15) is 4.79 Å². The number of aryl methyl sites for hydroxylation is 2. The molecule has 1 aromatic heterocycles. The Bertz CT molecular complexity index is 1110. The zero-order chi connectivity index (χ0) is 24.9. The number of hydrogen-bond donors (Lipinski definition) is 2. The van der Waals surface area contributed by atoms with E-state index >= 15 is 0 Å². The van der Waals surface area contributed by atoms with E-state index in [1.165, 1.54) is 0 Å². The van der Waals surface area contributed by atoms with Gasteiger partial charge in [0.1, 0.15) is 17.3 Å². The highest BCUT2D eigenvalue weighted by Crippen LogP contribution is 2.24. The van der Waals surface area contributed by atoms with Gasteiger partial charge >= 0.3 is 0 Å². The topological polar surface area (TPSA) is 82.7 Å². The van der Waals surface area contributed by atoms with Crippen LogP contribution in [0.2, 0.25) is 0 Å². The number of nitrogens with one attached hydrogen (secondary N) is 2. The third-order valence-corrected chi connectivity index (χ3v) is 6.81. The number of likely N-dealkylation sites (N-methyl/N-ethyl adjacent to an activating group) is 1. The standard InChI is InChI=1S/C27H35N5O3/c1-18-16-32(17-19(2)31(18)3)23-10-7-21(8-11-23)27(33)28-26-14-22(29-30-26)9-6-20-12-24(34-4)15-25(13-20)35-5/h7-8,10-15,18-19H,6,9,16-17H2,1-5H3,(H2,28,29,30,33)/t18-,19+. The molecule has 0 aliphatic carbocycles. The molecule has 8 heteroatoms. The molecule has 8 nitrogen and oxygen atoms in total. The van der Waals surface area contributed by atoms with Crippen LogP contribution in [0.1, 0.15) is 35.5 Å². The predicted octanol–water partition coefficient (Wildman–Crippen LogP) is 3.99. The van der Waals surface area contributed by atoms with Gasteiger partial charge in [-0.3, -0.25) is 14.8 Å².